The number of carboxylic acids is 1. The van der Waals surface area contributed by atoms with Crippen molar-refractivity contribution in [2.24, 2.45) is 5.92 Å². The van der Waals surface area contributed by atoms with E-state index in [-0.39, 0.29) is 11.8 Å². The number of carbonyl (C=O) groups is 1. The average Bonchev–Trinajstić information content (AvgIpc) is 2.96. The lowest BCUT2D eigenvalue weighted by molar-refractivity contribution is -0.138. The molecule has 0 radical (unpaired) electrons. The monoisotopic (exact) mass is 235 g/mol. The van der Waals surface area contributed by atoms with Gasteiger partial charge in [-0.25, -0.2) is 0 Å². The summed E-state index contributed by atoms with van der Waals surface area (Å²) in [6, 6.07) is 3.76. The van der Waals surface area contributed by atoms with E-state index in [1.54, 1.807) is 13.8 Å². The highest BCUT2D eigenvalue weighted by molar-refractivity contribution is 5.75. The third kappa shape index (κ3) is 2.31. The van der Waals surface area contributed by atoms with Crippen LogP contribution in [0.2, 0.25) is 0 Å². The van der Waals surface area contributed by atoms with Crippen LogP contribution in [0, 0.1) is 12.8 Å². The lowest BCUT2D eigenvalue weighted by Crippen LogP contribution is -2.20. The molecule has 0 amide bonds. The molecule has 1 aliphatic rings. The zero-order valence-electron chi connectivity index (χ0n) is 10.3. The van der Waals surface area contributed by atoms with E-state index in [0.717, 1.165) is 11.3 Å². The molecule has 1 saturated carbocycles. The minimum absolute atomic E-state index is 0.00852. The van der Waals surface area contributed by atoms with Gasteiger partial charge < -0.3 is 10.2 Å². The topological polar surface area (TPSA) is 70.4 Å². The molecule has 0 aromatic carbocycles. The van der Waals surface area contributed by atoms with Crippen molar-refractivity contribution in [1.82, 2.24) is 4.98 Å². The number of nitrogens with zero attached hydrogens (tertiary/aromatic N) is 1. The predicted octanol–water partition coefficient (Wildman–Crippen LogP) is 1.81. The highest BCUT2D eigenvalue weighted by atomic mass is 16.4. The van der Waals surface area contributed by atoms with Gasteiger partial charge in [-0.15, -0.1) is 0 Å². The standard InChI is InChI=1S/C13H17NO3/c1-7-4-5-10(8-6-9(8)12(15)16)14-11(7)13(2,3)17/h4-5,8-9,17H,6H2,1-3H3,(H,15,16). The third-order valence-corrected chi connectivity index (χ3v) is 3.19. The number of carboxylic acid groups (broad SMARTS) is 1. The maximum absolute atomic E-state index is 10.8. The molecule has 1 aliphatic carbocycles. The number of rotatable bonds is 3. The van der Waals surface area contributed by atoms with Crippen LogP contribution in [-0.4, -0.2) is 21.2 Å². The second kappa shape index (κ2) is 3.81. The Morgan fingerprint density at radius 1 is 1.47 bits per heavy atom. The minimum atomic E-state index is -0.992. The van der Waals surface area contributed by atoms with Crippen LogP contribution in [0.3, 0.4) is 0 Å². The van der Waals surface area contributed by atoms with Crippen molar-refractivity contribution in [3.8, 4) is 0 Å². The van der Waals surface area contributed by atoms with E-state index in [1.165, 1.54) is 0 Å². The molecule has 4 nitrogen and oxygen atoms in total. The highest BCUT2D eigenvalue weighted by Gasteiger charge is 2.45. The zero-order chi connectivity index (χ0) is 12.8. The molecule has 1 heterocycles. The van der Waals surface area contributed by atoms with Crippen molar-refractivity contribution >= 4 is 5.97 Å². The molecule has 2 rings (SSSR count). The molecule has 1 fully saturated rings. The van der Waals surface area contributed by atoms with Crippen molar-refractivity contribution in [2.75, 3.05) is 0 Å². The lowest BCUT2D eigenvalue weighted by Gasteiger charge is -2.19. The van der Waals surface area contributed by atoms with Gasteiger partial charge in [-0.2, -0.15) is 0 Å². The van der Waals surface area contributed by atoms with Crippen molar-refractivity contribution in [1.29, 1.82) is 0 Å². The Balaban J connectivity index is 2.30. The van der Waals surface area contributed by atoms with Crippen molar-refractivity contribution in [3.05, 3.63) is 29.1 Å². The molecule has 1 aromatic heterocycles. The van der Waals surface area contributed by atoms with Crippen LogP contribution in [0.4, 0.5) is 0 Å². The van der Waals surface area contributed by atoms with Crippen LogP contribution in [0.25, 0.3) is 0 Å². The van der Waals surface area contributed by atoms with Gasteiger partial charge in [0, 0.05) is 11.6 Å². The molecule has 0 bridgehead atoms. The fourth-order valence-electron chi connectivity index (χ4n) is 2.16. The highest BCUT2D eigenvalue weighted by Crippen LogP contribution is 2.47. The van der Waals surface area contributed by atoms with Crippen LogP contribution in [0.5, 0.6) is 0 Å². The summed E-state index contributed by atoms with van der Waals surface area (Å²) in [6.07, 6.45) is 0.649. The number of hydrogen-bond donors (Lipinski definition) is 2. The summed E-state index contributed by atoms with van der Waals surface area (Å²) in [5.74, 6) is -1.06. The quantitative estimate of drug-likeness (QED) is 0.838. The lowest BCUT2D eigenvalue weighted by atomic mass is 9.99. The van der Waals surface area contributed by atoms with Crippen LogP contribution in [0.15, 0.2) is 12.1 Å². The summed E-state index contributed by atoms with van der Waals surface area (Å²) in [5.41, 5.74) is 1.34. The minimum Gasteiger partial charge on any atom is -0.481 e. The first-order valence-corrected chi connectivity index (χ1v) is 5.74. The summed E-state index contributed by atoms with van der Waals surface area (Å²) in [7, 11) is 0. The molecule has 0 saturated heterocycles. The summed E-state index contributed by atoms with van der Waals surface area (Å²) >= 11 is 0. The Kier molecular flexibility index (Phi) is 2.70. The van der Waals surface area contributed by atoms with Crippen LogP contribution < -0.4 is 0 Å². The summed E-state index contributed by atoms with van der Waals surface area (Å²) in [4.78, 5) is 15.2. The first-order chi connectivity index (χ1) is 7.80. The van der Waals surface area contributed by atoms with Gasteiger partial charge in [0.05, 0.1) is 11.6 Å². The van der Waals surface area contributed by atoms with Gasteiger partial charge in [0.1, 0.15) is 5.60 Å². The molecule has 17 heavy (non-hydrogen) atoms. The Labute approximate surface area is 100 Å². The Bertz CT molecular complexity index is 462. The van der Waals surface area contributed by atoms with Gasteiger partial charge in [-0.1, -0.05) is 6.07 Å². The third-order valence-electron chi connectivity index (χ3n) is 3.19. The maximum Gasteiger partial charge on any atom is 0.307 e. The molecule has 0 spiro atoms. The zero-order valence-corrected chi connectivity index (χ0v) is 10.3. The number of aliphatic hydroxyl groups is 1. The van der Waals surface area contributed by atoms with E-state index < -0.39 is 11.6 Å². The second-order valence-corrected chi connectivity index (χ2v) is 5.25. The molecule has 92 valence electrons. The molecule has 4 heteroatoms. The smallest absolute Gasteiger partial charge is 0.307 e. The van der Waals surface area contributed by atoms with Gasteiger partial charge in [-0.05, 0) is 38.8 Å². The van der Waals surface area contributed by atoms with Crippen molar-refractivity contribution in [3.63, 3.8) is 0 Å². The van der Waals surface area contributed by atoms with Crippen molar-refractivity contribution in [2.45, 2.75) is 38.7 Å². The molecule has 0 aliphatic heterocycles. The molecular weight excluding hydrogens is 218 g/mol. The first kappa shape index (κ1) is 12.0. The molecule has 2 atom stereocenters. The fraction of sp³-hybridized carbons (Fsp3) is 0.538. The first-order valence-electron chi connectivity index (χ1n) is 5.74. The van der Waals surface area contributed by atoms with Gasteiger partial charge in [0.25, 0.3) is 0 Å². The fourth-order valence-corrected chi connectivity index (χ4v) is 2.16. The van der Waals surface area contributed by atoms with Crippen LogP contribution in [0.1, 0.15) is 43.1 Å². The van der Waals surface area contributed by atoms with E-state index in [9.17, 15) is 9.90 Å². The van der Waals surface area contributed by atoms with Gasteiger partial charge in [0.15, 0.2) is 0 Å². The number of pyridine rings is 1. The average molecular weight is 235 g/mol. The van der Waals surface area contributed by atoms with Gasteiger partial charge in [0.2, 0.25) is 0 Å². The van der Waals surface area contributed by atoms with E-state index in [1.807, 2.05) is 19.1 Å². The van der Waals surface area contributed by atoms with E-state index in [2.05, 4.69) is 4.98 Å². The Hall–Kier alpha value is -1.42. The predicted molar refractivity (Wildman–Crippen MR) is 62.7 cm³/mol. The normalized spacial score (nSPS) is 23.5. The number of aryl methyl sites for hydroxylation is 1. The SMILES string of the molecule is Cc1ccc(C2CC2C(=O)O)nc1C(C)(C)O. The van der Waals surface area contributed by atoms with Crippen LogP contribution in [-0.2, 0) is 10.4 Å². The van der Waals surface area contributed by atoms with E-state index >= 15 is 0 Å². The molecular formula is C13H17NO3. The van der Waals surface area contributed by atoms with Crippen molar-refractivity contribution < 1.29 is 15.0 Å². The summed E-state index contributed by atoms with van der Waals surface area (Å²) < 4.78 is 0. The van der Waals surface area contributed by atoms with E-state index in [0.29, 0.717) is 12.1 Å². The van der Waals surface area contributed by atoms with E-state index in [4.69, 9.17) is 5.11 Å². The van der Waals surface area contributed by atoms with Gasteiger partial charge in [-0.3, -0.25) is 9.78 Å². The summed E-state index contributed by atoms with van der Waals surface area (Å²) in [5, 5.41) is 18.9. The largest absolute Gasteiger partial charge is 0.481 e. The number of aliphatic carboxylic acids is 1. The summed E-state index contributed by atoms with van der Waals surface area (Å²) in [6.45, 7) is 5.27. The Morgan fingerprint density at radius 2 is 2.12 bits per heavy atom. The second-order valence-electron chi connectivity index (χ2n) is 5.25. The molecule has 2 unspecified atom stereocenters. The van der Waals surface area contributed by atoms with Crippen LogP contribution >= 0.6 is 0 Å². The maximum atomic E-state index is 10.8. The van der Waals surface area contributed by atoms with Gasteiger partial charge >= 0.3 is 5.97 Å². The number of hydrogen-bond acceptors (Lipinski definition) is 3. The molecule has 1 aromatic rings. The Morgan fingerprint density at radius 3 is 2.59 bits per heavy atom. The number of aromatic nitrogens is 1. The molecule has 2 N–H and O–H groups in total.